The second-order valence-electron chi connectivity index (χ2n) is 7.34. The molecule has 0 bridgehead atoms. The van der Waals surface area contributed by atoms with Gasteiger partial charge in [0.2, 0.25) is 0 Å². The van der Waals surface area contributed by atoms with Crippen LogP contribution >= 0.6 is 12.2 Å². The molecule has 1 fully saturated rings. The van der Waals surface area contributed by atoms with Gasteiger partial charge in [0, 0.05) is 37.3 Å². The fourth-order valence-electron chi connectivity index (χ4n) is 3.67. The smallest absolute Gasteiger partial charge is 0.171 e. The summed E-state index contributed by atoms with van der Waals surface area (Å²) in [5, 5.41) is 8.11. The number of aryl methyl sites for hydroxylation is 1. The van der Waals surface area contributed by atoms with Gasteiger partial charge in [-0.15, -0.1) is 0 Å². The average Bonchev–Trinajstić information content (AvgIpc) is 3.26. The number of pyridine rings is 1. The molecule has 0 spiro atoms. The van der Waals surface area contributed by atoms with E-state index in [2.05, 4.69) is 52.5 Å². The van der Waals surface area contributed by atoms with Crippen LogP contribution in [0.1, 0.15) is 18.2 Å². The lowest BCUT2D eigenvalue weighted by Gasteiger charge is -2.35. The Hall–Kier alpha value is -2.64. The third-order valence-electron chi connectivity index (χ3n) is 5.41. The molecule has 2 N–H and O–H groups in total. The second-order valence-corrected chi connectivity index (χ2v) is 7.75. The van der Waals surface area contributed by atoms with Crippen LogP contribution in [0.5, 0.6) is 0 Å². The van der Waals surface area contributed by atoms with Crippen molar-refractivity contribution in [3.05, 3.63) is 54.0 Å². The fraction of sp³-hybridized carbons (Fsp3) is 0.364. The first-order valence-electron chi connectivity index (χ1n) is 10.1. The Morgan fingerprint density at radius 1 is 1.17 bits per heavy atom. The largest absolute Gasteiger partial charge is 0.467 e. The highest BCUT2D eigenvalue weighted by molar-refractivity contribution is 7.80. The lowest BCUT2D eigenvalue weighted by molar-refractivity contribution is 0.270. The number of piperazine rings is 1. The van der Waals surface area contributed by atoms with E-state index in [1.165, 1.54) is 5.56 Å². The van der Waals surface area contributed by atoms with Gasteiger partial charge in [-0.25, -0.2) is 4.98 Å². The van der Waals surface area contributed by atoms with Gasteiger partial charge >= 0.3 is 0 Å². The van der Waals surface area contributed by atoms with Crippen LogP contribution < -0.4 is 15.5 Å². The van der Waals surface area contributed by atoms with Crippen LogP contribution in [0.25, 0.3) is 10.9 Å². The van der Waals surface area contributed by atoms with Crippen molar-refractivity contribution in [1.82, 2.24) is 15.2 Å². The summed E-state index contributed by atoms with van der Waals surface area (Å²) in [6.45, 7) is 10.3. The van der Waals surface area contributed by atoms with E-state index in [9.17, 15) is 0 Å². The molecule has 29 heavy (non-hydrogen) atoms. The summed E-state index contributed by atoms with van der Waals surface area (Å²) in [5.41, 5.74) is 3.18. The molecule has 7 heteroatoms. The van der Waals surface area contributed by atoms with E-state index in [-0.39, 0.29) is 0 Å². The van der Waals surface area contributed by atoms with E-state index in [1.54, 1.807) is 6.26 Å². The van der Waals surface area contributed by atoms with Gasteiger partial charge in [-0.2, -0.15) is 0 Å². The zero-order valence-corrected chi connectivity index (χ0v) is 17.8. The zero-order chi connectivity index (χ0) is 20.2. The molecule has 3 heterocycles. The van der Waals surface area contributed by atoms with E-state index < -0.39 is 0 Å². The van der Waals surface area contributed by atoms with Gasteiger partial charge in [0.15, 0.2) is 5.11 Å². The van der Waals surface area contributed by atoms with Crippen LogP contribution in [0.2, 0.25) is 0 Å². The van der Waals surface area contributed by atoms with Gasteiger partial charge in [-0.05, 0) is 67.6 Å². The van der Waals surface area contributed by atoms with Crippen molar-refractivity contribution in [2.24, 2.45) is 0 Å². The predicted octanol–water partition coefficient (Wildman–Crippen LogP) is 3.76. The Labute approximate surface area is 176 Å². The van der Waals surface area contributed by atoms with E-state index >= 15 is 0 Å². The molecule has 0 aliphatic carbocycles. The van der Waals surface area contributed by atoms with Crippen molar-refractivity contribution in [2.45, 2.75) is 20.4 Å². The van der Waals surface area contributed by atoms with Crippen LogP contribution in [-0.2, 0) is 6.54 Å². The normalized spacial score (nSPS) is 14.9. The number of hydrogen-bond donors (Lipinski definition) is 2. The highest BCUT2D eigenvalue weighted by Gasteiger charge is 2.17. The van der Waals surface area contributed by atoms with Crippen molar-refractivity contribution >= 4 is 39.7 Å². The number of fused-ring (bicyclic) bond motifs is 1. The molecule has 4 rings (SSSR count). The molecule has 3 aromatic rings. The van der Waals surface area contributed by atoms with E-state index in [4.69, 9.17) is 21.6 Å². The number of aromatic nitrogens is 1. The third-order valence-corrected chi connectivity index (χ3v) is 5.65. The summed E-state index contributed by atoms with van der Waals surface area (Å²) in [4.78, 5) is 9.78. The Kier molecular flexibility index (Phi) is 5.97. The Balaban J connectivity index is 1.45. The van der Waals surface area contributed by atoms with E-state index in [1.807, 2.05) is 18.2 Å². The molecule has 1 aliphatic heterocycles. The van der Waals surface area contributed by atoms with Crippen LogP contribution in [0, 0.1) is 6.92 Å². The number of benzene rings is 1. The molecule has 2 aromatic heterocycles. The van der Waals surface area contributed by atoms with Gasteiger partial charge < -0.3 is 24.9 Å². The molecule has 1 saturated heterocycles. The molecule has 152 valence electrons. The number of anilines is 2. The Morgan fingerprint density at radius 3 is 2.72 bits per heavy atom. The number of furan rings is 1. The highest BCUT2D eigenvalue weighted by Crippen LogP contribution is 2.26. The van der Waals surface area contributed by atoms with Crippen molar-refractivity contribution in [3.8, 4) is 0 Å². The second kappa shape index (κ2) is 8.80. The SMILES string of the molecule is CCN1CCN(c2cc(C)c3cc(NC(=S)NCc4ccco4)ccc3n2)CC1. The third kappa shape index (κ3) is 4.68. The predicted molar refractivity (Wildman–Crippen MR) is 123 cm³/mol. The number of likely N-dealkylation sites (N-methyl/N-ethyl adjacent to an activating group) is 1. The van der Waals surface area contributed by atoms with Gasteiger partial charge in [-0.1, -0.05) is 6.92 Å². The topological polar surface area (TPSA) is 56.6 Å². The molecule has 0 unspecified atom stereocenters. The monoisotopic (exact) mass is 409 g/mol. The van der Waals surface area contributed by atoms with E-state index in [0.717, 1.165) is 60.9 Å². The Bertz CT molecular complexity index is 980. The number of nitrogens with one attached hydrogen (secondary N) is 2. The van der Waals surface area contributed by atoms with Crippen LogP contribution in [0.15, 0.2) is 47.1 Å². The van der Waals surface area contributed by atoms with Crippen molar-refractivity contribution < 1.29 is 4.42 Å². The first-order valence-corrected chi connectivity index (χ1v) is 10.5. The summed E-state index contributed by atoms with van der Waals surface area (Å²) < 4.78 is 5.32. The zero-order valence-electron chi connectivity index (χ0n) is 16.9. The van der Waals surface area contributed by atoms with Crippen LogP contribution in [-0.4, -0.2) is 47.7 Å². The summed E-state index contributed by atoms with van der Waals surface area (Å²) in [5.74, 6) is 1.92. The van der Waals surface area contributed by atoms with Gasteiger partial charge in [-0.3, -0.25) is 0 Å². The quantitative estimate of drug-likeness (QED) is 0.622. The minimum atomic E-state index is 0.557. The molecule has 1 aromatic carbocycles. The first-order chi connectivity index (χ1) is 14.1. The highest BCUT2D eigenvalue weighted by atomic mass is 32.1. The van der Waals surface area contributed by atoms with Crippen molar-refractivity contribution in [3.63, 3.8) is 0 Å². The maximum Gasteiger partial charge on any atom is 0.171 e. The van der Waals surface area contributed by atoms with Crippen molar-refractivity contribution in [1.29, 1.82) is 0 Å². The molecule has 0 atom stereocenters. The fourth-order valence-corrected chi connectivity index (χ4v) is 3.86. The minimum Gasteiger partial charge on any atom is -0.467 e. The number of nitrogens with zero attached hydrogens (tertiary/aromatic N) is 3. The molecular weight excluding hydrogens is 382 g/mol. The van der Waals surface area contributed by atoms with Gasteiger partial charge in [0.05, 0.1) is 18.3 Å². The number of thiocarbonyl (C=S) groups is 1. The first kappa shape index (κ1) is 19.7. The van der Waals surface area contributed by atoms with Gasteiger partial charge in [0.1, 0.15) is 11.6 Å². The molecule has 0 amide bonds. The number of hydrogen-bond acceptors (Lipinski definition) is 5. The minimum absolute atomic E-state index is 0.557. The summed E-state index contributed by atoms with van der Waals surface area (Å²) in [6.07, 6.45) is 1.66. The molecule has 0 radical (unpaired) electrons. The van der Waals surface area contributed by atoms with Crippen molar-refractivity contribution in [2.75, 3.05) is 42.9 Å². The molecule has 0 saturated carbocycles. The van der Waals surface area contributed by atoms with Crippen LogP contribution in [0.3, 0.4) is 0 Å². The maximum atomic E-state index is 5.40. The lowest BCUT2D eigenvalue weighted by Crippen LogP contribution is -2.46. The standard InChI is InChI=1S/C22H27N5OS/c1-3-26-8-10-27(11-9-26)21-13-16(2)19-14-17(6-7-20(19)25-21)24-22(29)23-15-18-5-4-12-28-18/h4-7,12-14H,3,8-11,15H2,1-2H3,(H2,23,24,29). The summed E-state index contributed by atoms with van der Waals surface area (Å²) in [7, 11) is 0. The number of rotatable bonds is 5. The lowest BCUT2D eigenvalue weighted by atomic mass is 10.1. The summed E-state index contributed by atoms with van der Waals surface area (Å²) in [6, 6.07) is 12.2. The molecular formula is C22H27N5OS. The molecule has 1 aliphatic rings. The van der Waals surface area contributed by atoms with Gasteiger partial charge in [0.25, 0.3) is 0 Å². The van der Waals surface area contributed by atoms with E-state index in [0.29, 0.717) is 11.7 Å². The van der Waals surface area contributed by atoms with Crippen LogP contribution in [0.4, 0.5) is 11.5 Å². The molecule has 6 nitrogen and oxygen atoms in total. The summed E-state index contributed by atoms with van der Waals surface area (Å²) >= 11 is 5.40. The maximum absolute atomic E-state index is 5.40. The average molecular weight is 410 g/mol. The Morgan fingerprint density at radius 2 is 2.00 bits per heavy atom.